The fraction of sp³-hybridized carbons (Fsp3) is 0.400. The fourth-order valence-electron chi connectivity index (χ4n) is 2.73. The zero-order valence-electron chi connectivity index (χ0n) is 12.4. The van der Waals surface area contributed by atoms with Gasteiger partial charge in [0.05, 0.1) is 0 Å². The van der Waals surface area contributed by atoms with E-state index in [4.69, 9.17) is 0 Å². The zero-order valence-corrected chi connectivity index (χ0v) is 13.2. The number of carbonyl (C=O) groups excluding carboxylic acids is 1. The number of thiazole rings is 1. The highest BCUT2D eigenvalue weighted by Gasteiger charge is 2.26. The van der Waals surface area contributed by atoms with Gasteiger partial charge in [0.1, 0.15) is 5.56 Å². The average molecular weight is 318 g/mol. The lowest BCUT2D eigenvalue weighted by molar-refractivity contribution is 0.0949. The van der Waals surface area contributed by atoms with E-state index in [0.717, 1.165) is 24.5 Å². The van der Waals surface area contributed by atoms with Crippen molar-refractivity contribution in [3.05, 3.63) is 45.8 Å². The predicted octanol–water partition coefficient (Wildman–Crippen LogP) is 1.24. The van der Waals surface area contributed by atoms with E-state index in [9.17, 15) is 9.59 Å². The minimum atomic E-state index is -0.313. The molecule has 3 rings (SSSR count). The Kier molecular flexibility index (Phi) is 4.24. The Balaban J connectivity index is 1.66. The van der Waals surface area contributed by atoms with Crippen LogP contribution in [0.4, 0.5) is 5.13 Å². The Morgan fingerprint density at radius 1 is 1.55 bits per heavy atom. The largest absolute Gasteiger partial charge is 0.350 e. The van der Waals surface area contributed by atoms with E-state index in [1.54, 1.807) is 42.9 Å². The van der Waals surface area contributed by atoms with Crippen molar-refractivity contribution in [1.82, 2.24) is 14.9 Å². The van der Waals surface area contributed by atoms with Gasteiger partial charge in [-0.2, -0.15) is 0 Å². The van der Waals surface area contributed by atoms with E-state index in [1.165, 1.54) is 4.57 Å². The lowest BCUT2D eigenvalue weighted by atomic mass is 10.2. The molecule has 2 aromatic rings. The first kappa shape index (κ1) is 14.8. The van der Waals surface area contributed by atoms with Crippen LogP contribution in [0.15, 0.2) is 34.7 Å². The summed E-state index contributed by atoms with van der Waals surface area (Å²) >= 11 is 1.61. The fourth-order valence-corrected chi connectivity index (χ4v) is 3.47. The van der Waals surface area contributed by atoms with Crippen LogP contribution in [-0.2, 0) is 7.05 Å². The van der Waals surface area contributed by atoms with Crippen molar-refractivity contribution in [3.63, 3.8) is 0 Å². The highest BCUT2D eigenvalue weighted by molar-refractivity contribution is 7.13. The molecule has 1 aliphatic heterocycles. The van der Waals surface area contributed by atoms with Gasteiger partial charge in [-0.1, -0.05) is 0 Å². The second-order valence-corrected chi connectivity index (χ2v) is 6.23. The van der Waals surface area contributed by atoms with Crippen molar-refractivity contribution in [3.8, 4) is 0 Å². The first-order valence-electron chi connectivity index (χ1n) is 7.27. The van der Waals surface area contributed by atoms with E-state index in [2.05, 4.69) is 15.2 Å². The van der Waals surface area contributed by atoms with Crippen molar-refractivity contribution in [1.29, 1.82) is 0 Å². The summed E-state index contributed by atoms with van der Waals surface area (Å²) in [5.41, 5.74) is -0.0907. The van der Waals surface area contributed by atoms with Crippen molar-refractivity contribution in [2.24, 2.45) is 7.05 Å². The lowest BCUT2D eigenvalue weighted by Crippen LogP contribution is -2.41. The highest BCUT2D eigenvalue weighted by Crippen LogP contribution is 2.26. The average Bonchev–Trinajstić information content (AvgIpc) is 3.17. The van der Waals surface area contributed by atoms with Gasteiger partial charge in [-0.25, -0.2) is 4.98 Å². The molecule has 3 heterocycles. The van der Waals surface area contributed by atoms with Gasteiger partial charge in [0.25, 0.3) is 11.5 Å². The maximum Gasteiger partial charge on any atom is 0.263 e. The van der Waals surface area contributed by atoms with Crippen molar-refractivity contribution in [2.45, 2.75) is 18.9 Å². The molecule has 1 aliphatic rings. The minimum absolute atomic E-state index is 0.184. The van der Waals surface area contributed by atoms with Gasteiger partial charge in [0, 0.05) is 44.0 Å². The summed E-state index contributed by atoms with van der Waals surface area (Å²) in [5, 5.41) is 5.83. The van der Waals surface area contributed by atoms with Crippen LogP contribution in [0.2, 0.25) is 0 Å². The Morgan fingerprint density at radius 3 is 3.18 bits per heavy atom. The summed E-state index contributed by atoms with van der Waals surface area (Å²) in [4.78, 5) is 30.7. The summed E-state index contributed by atoms with van der Waals surface area (Å²) in [6, 6.07) is 3.50. The summed E-state index contributed by atoms with van der Waals surface area (Å²) in [7, 11) is 1.64. The first-order valence-corrected chi connectivity index (χ1v) is 8.15. The summed E-state index contributed by atoms with van der Waals surface area (Å²) in [5.74, 6) is -0.313. The molecular weight excluding hydrogens is 300 g/mol. The molecule has 0 radical (unpaired) electrons. The number of aromatic nitrogens is 2. The topological polar surface area (TPSA) is 67.2 Å². The van der Waals surface area contributed by atoms with Crippen molar-refractivity contribution < 1.29 is 4.79 Å². The van der Waals surface area contributed by atoms with Crippen molar-refractivity contribution in [2.75, 3.05) is 18.0 Å². The second-order valence-electron chi connectivity index (χ2n) is 5.35. The van der Waals surface area contributed by atoms with Crippen LogP contribution in [0, 0.1) is 0 Å². The number of pyridine rings is 1. The molecule has 1 atom stereocenters. The summed E-state index contributed by atoms with van der Waals surface area (Å²) in [6.07, 6.45) is 5.54. The molecule has 0 bridgehead atoms. The molecule has 116 valence electrons. The Bertz CT molecular complexity index is 711. The molecule has 0 saturated carbocycles. The third-order valence-corrected chi connectivity index (χ3v) is 4.72. The molecule has 0 unspecified atom stereocenters. The van der Waals surface area contributed by atoms with Crippen LogP contribution >= 0.6 is 11.3 Å². The quantitative estimate of drug-likeness (QED) is 0.921. The molecule has 1 saturated heterocycles. The van der Waals surface area contributed by atoms with Crippen molar-refractivity contribution >= 4 is 22.4 Å². The van der Waals surface area contributed by atoms with Crippen LogP contribution in [0.25, 0.3) is 0 Å². The maximum atomic E-state index is 12.2. The Morgan fingerprint density at radius 2 is 2.41 bits per heavy atom. The van der Waals surface area contributed by atoms with E-state index >= 15 is 0 Å². The van der Waals surface area contributed by atoms with Crippen LogP contribution in [0.5, 0.6) is 0 Å². The summed E-state index contributed by atoms with van der Waals surface area (Å²) < 4.78 is 1.41. The van der Waals surface area contributed by atoms with Crippen LogP contribution in [0.1, 0.15) is 23.2 Å². The molecule has 0 spiro atoms. The summed E-state index contributed by atoms with van der Waals surface area (Å²) in [6.45, 7) is 1.48. The predicted molar refractivity (Wildman–Crippen MR) is 86.5 cm³/mol. The number of nitrogens with one attached hydrogen (secondary N) is 1. The SMILES string of the molecule is Cn1cccc(C(=O)NC[C@@H]2CCCN2c2nccs2)c1=O. The van der Waals surface area contributed by atoms with Gasteiger partial charge in [-0.3, -0.25) is 9.59 Å². The van der Waals surface area contributed by atoms with Gasteiger partial charge in [-0.05, 0) is 25.0 Å². The smallest absolute Gasteiger partial charge is 0.263 e. The molecule has 22 heavy (non-hydrogen) atoms. The standard InChI is InChI=1S/C15H18N4O2S/c1-18-7-3-5-12(14(18)21)13(20)17-10-11-4-2-8-19(11)15-16-6-9-22-15/h3,5-7,9,11H,2,4,8,10H2,1H3,(H,17,20)/t11-/m0/s1. The number of hydrogen-bond acceptors (Lipinski definition) is 5. The molecule has 7 heteroatoms. The number of amides is 1. The zero-order chi connectivity index (χ0) is 15.5. The number of aryl methyl sites for hydroxylation is 1. The normalized spacial score (nSPS) is 17.7. The third-order valence-electron chi connectivity index (χ3n) is 3.91. The molecular formula is C15H18N4O2S. The van der Waals surface area contributed by atoms with Gasteiger partial charge >= 0.3 is 0 Å². The molecule has 0 aromatic carbocycles. The van der Waals surface area contributed by atoms with E-state index in [0.29, 0.717) is 6.54 Å². The van der Waals surface area contributed by atoms with Crippen LogP contribution < -0.4 is 15.8 Å². The molecule has 6 nitrogen and oxygen atoms in total. The molecule has 1 amide bonds. The first-order chi connectivity index (χ1) is 10.7. The Hall–Kier alpha value is -2.15. The number of carbonyl (C=O) groups is 1. The van der Waals surface area contributed by atoms with E-state index < -0.39 is 0 Å². The van der Waals surface area contributed by atoms with E-state index in [1.807, 2.05) is 5.38 Å². The number of hydrogen-bond donors (Lipinski definition) is 1. The number of nitrogens with zero attached hydrogens (tertiary/aromatic N) is 3. The lowest BCUT2D eigenvalue weighted by Gasteiger charge is -2.24. The van der Waals surface area contributed by atoms with Gasteiger partial charge in [0.15, 0.2) is 5.13 Å². The van der Waals surface area contributed by atoms with Gasteiger partial charge in [0.2, 0.25) is 0 Å². The highest BCUT2D eigenvalue weighted by atomic mass is 32.1. The van der Waals surface area contributed by atoms with Gasteiger partial charge in [-0.15, -0.1) is 11.3 Å². The van der Waals surface area contributed by atoms with Crippen LogP contribution in [0.3, 0.4) is 0 Å². The molecule has 2 aromatic heterocycles. The van der Waals surface area contributed by atoms with Gasteiger partial charge < -0.3 is 14.8 Å². The Labute approximate surface area is 132 Å². The number of anilines is 1. The van der Waals surface area contributed by atoms with E-state index in [-0.39, 0.29) is 23.1 Å². The molecule has 1 fully saturated rings. The molecule has 0 aliphatic carbocycles. The maximum absolute atomic E-state index is 12.2. The minimum Gasteiger partial charge on any atom is -0.350 e. The molecule has 1 N–H and O–H groups in total. The van der Waals surface area contributed by atoms with Crippen LogP contribution in [-0.4, -0.2) is 34.6 Å². The second kappa shape index (κ2) is 6.31. The number of rotatable bonds is 4. The third kappa shape index (κ3) is 2.89. The monoisotopic (exact) mass is 318 g/mol.